The number of thiazole rings is 1. The van der Waals surface area contributed by atoms with Crippen molar-refractivity contribution < 1.29 is 23.5 Å². The largest absolute Gasteiger partial charge is 0.493 e. The molecule has 0 bridgehead atoms. The van der Waals surface area contributed by atoms with Crippen LogP contribution in [0.5, 0.6) is 23.0 Å². The van der Waals surface area contributed by atoms with Crippen molar-refractivity contribution in [3.05, 3.63) is 30.3 Å². The van der Waals surface area contributed by atoms with Crippen LogP contribution in [-0.4, -0.2) is 43.1 Å². The summed E-state index contributed by atoms with van der Waals surface area (Å²) in [6, 6.07) is 10.8. The van der Waals surface area contributed by atoms with Gasteiger partial charge in [0.15, 0.2) is 23.1 Å². The molecule has 0 aliphatic heterocycles. The van der Waals surface area contributed by atoms with Gasteiger partial charge in [-0.15, -0.1) is 11.3 Å². The van der Waals surface area contributed by atoms with E-state index >= 15 is 0 Å². The Hall–Kier alpha value is -3.84. The fourth-order valence-electron chi connectivity index (χ4n) is 2.84. The second-order valence-corrected chi connectivity index (χ2v) is 6.96. The van der Waals surface area contributed by atoms with E-state index in [0.29, 0.717) is 45.3 Å². The molecule has 0 amide bonds. The average molecular weight is 424 g/mol. The molecule has 4 rings (SSSR count). The smallest absolute Gasteiger partial charge is 0.258 e. The zero-order valence-corrected chi connectivity index (χ0v) is 17.1. The van der Waals surface area contributed by atoms with E-state index in [0.717, 1.165) is 10.2 Å². The number of nitriles is 1. The van der Waals surface area contributed by atoms with Gasteiger partial charge in [0.05, 0.1) is 31.5 Å². The highest BCUT2D eigenvalue weighted by Crippen LogP contribution is 2.41. The normalized spacial score (nSPS) is 10.6. The predicted molar refractivity (Wildman–Crippen MR) is 109 cm³/mol. The number of methoxy groups -OCH3 is 3. The lowest BCUT2D eigenvalue weighted by Crippen LogP contribution is -1.95. The Labute approximate surface area is 175 Å². The van der Waals surface area contributed by atoms with Crippen LogP contribution in [0.25, 0.3) is 32.5 Å². The number of hydrogen-bond acceptors (Lipinski definition) is 10. The van der Waals surface area contributed by atoms with Crippen LogP contribution in [0.4, 0.5) is 0 Å². The van der Waals surface area contributed by atoms with Gasteiger partial charge in [0.2, 0.25) is 11.6 Å². The third kappa shape index (κ3) is 3.58. The Balaban J connectivity index is 1.68. The van der Waals surface area contributed by atoms with E-state index in [1.165, 1.54) is 32.7 Å². The zero-order valence-electron chi connectivity index (χ0n) is 16.3. The maximum atomic E-state index is 8.65. The van der Waals surface area contributed by atoms with Gasteiger partial charge in [0.1, 0.15) is 11.8 Å². The first-order valence-corrected chi connectivity index (χ1v) is 9.53. The first-order valence-electron chi connectivity index (χ1n) is 8.71. The van der Waals surface area contributed by atoms with E-state index in [1.807, 2.05) is 18.2 Å². The summed E-state index contributed by atoms with van der Waals surface area (Å²) < 4.78 is 27.8. The molecular weight excluding hydrogens is 408 g/mol. The molecule has 0 spiro atoms. The molecule has 2 aromatic carbocycles. The predicted octanol–water partition coefficient (Wildman–Crippen LogP) is 3.94. The quantitative estimate of drug-likeness (QED) is 0.435. The molecule has 2 heterocycles. The molecule has 0 radical (unpaired) electrons. The number of benzene rings is 2. The highest BCUT2D eigenvalue weighted by atomic mass is 32.1. The van der Waals surface area contributed by atoms with Gasteiger partial charge in [-0.1, -0.05) is 5.16 Å². The summed E-state index contributed by atoms with van der Waals surface area (Å²) in [6.45, 7) is -0.0137. The van der Waals surface area contributed by atoms with Crippen molar-refractivity contribution in [2.24, 2.45) is 0 Å². The Morgan fingerprint density at radius 3 is 2.47 bits per heavy atom. The van der Waals surface area contributed by atoms with Crippen LogP contribution in [-0.2, 0) is 0 Å². The maximum Gasteiger partial charge on any atom is 0.258 e. The van der Waals surface area contributed by atoms with Crippen molar-refractivity contribution in [2.45, 2.75) is 0 Å². The molecule has 0 unspecified atom stereocenters. The van der Waals surface area contributed by atoms with Gasteiger partial charge in [0, 0.05) is 5.56 Å². The number of ether oxygens (including phenoxy) is 4. The highest BCUT2D eigenvalue weighted by Gasteiger charge is 2.19. The summed E-state index contributed by atoms with van der Waals surface area (Å²) in [5.74, 6) is 2.70. The van der Waals surface area contributed by atoms with E-state index in [9.17, 15) is 0 Å². The highest BCUT2D eigenvalue weighted by molar-refractivity contribution is 7.21. The van der Waals surface area contributed by atoms with Crippen molar-refractivity contribution in [1.29, 1.82) is 5.26 Å². The third-order valence-corrected chi connectivity index (χ3v) is 5.21. The molecule has 0 N–H and O–H groups in total. The van der Waals surface area contributed by atoms with E-state index in [1.54, 1.807) is 18.2 Å². The molecule has 9 nitrogen and oxygen atoms in total. The number of nitrogens with zero attached hydrogens (tertiary/aromatic N) is 4. The molecule has 10 heteroatoms. The minimum absolute atomic E-state index is 0.0137. The van der Waals surface area contributed by atoms with Crippen molar-refractivity contribution >= 4 is 21.6 Å². The van der Waals surface area contributed by atoms with Gasteiger partial charge >= 0.3 is 0 Å². The van der Waals surface area contributed by atoms with Crippen LogP contribution >= 0.6 is 11.3 Å². The molecule has 30 heavy (non-hydrogen) atoms. The Morgan fingerprint density at radius 2 is 1.80 bits per heavy atom. The minimum atomic E-state index is -0.0137. The van der Waals surface area contributed by atoms with E-state index < -0.39 is 0 Å². The molecule has 2 aromatic heterocycles. The van der Waals surface area contributed by atoms with Crippen LogP contribution in [0.3, 0.4) is 0 Å². The number of aromatic nitrogens is 3. The van der Waals surface area contributed by atoms with Crippen LogP contribution in [0.1, 0.15) is 0 Å². The number of fused-ring (bicyclic) bond motifs is 1. The minimum Gasteiger partial charge on any atom is -0.493 e. The van der Waals surface area contributed by atoms with Gasteiger partial charge in [-0.3, -0.25) is 0 Å². The fourth-order valence-corrected chi connectivity index (χ4v) is 3.76. The van der Waals surface area contributed by atoms with Crippen LogP contribution in [0.15, 0.2) is 34.9 Å². The molecular formula is C20H16N4O5S. The van der Waals surface area contributed by atoms with E-state index in [2.05, 4.69) is 15.1 Å². The molecule has 0 saturated carbocycles. The standard InChI is InChI=1S/C20H16N4O5S/c1-25-14-8-11(9-15(26-2)17(14)27-3)19-23-18(24-29-19)20-22-13-5-4-12(28-7-6-21)10-16(13)30-20/h4-5,8-10H,7H2,1-3H3. The van der Waals surface area contributed by atoms with E-state index in [-0.39, 0.29) is 6.61 Å². The summed E-state index contributed by atoms with van der Waals surface area (Å²) in [6.07, 6.45) is 0. The zero-order chi connectivity index (χ0) is 21.1. The second-order valence-electron chi connectivity index (χ2n) is 5.93. The van der Waals surface area contributed by atoms with Crippen molar-refractivity contribution in [1.82, 2.24) is 15.1 Å². The first kappa shape index (κ1) is 19.5. The van der Waals surface area contributed by atoms with Crippen molar-refractivity contribution in [3.8, 4) is 51.4 Å². The van der Waals surface area contributed by atoms with E-state index in [4.69, 9.17) is 28.7 Å². The van der Waals surface area contributed by atoms with Gasteiger partial charge in [-0.25, -0.2) is 4.98 Å². The average Bonchev–Trinajstić information content (AvgIpc) is 3.43. The molecule has 0 aliphatic rings. The van der Waals surface area contributed by atoms with Crippen LogP contribution < -0.4 is 18.9 Å². The molecule has 152 valence electrons. The second kappa shape index (κ2) is 8.26. The number of rotatable bonds is 7. The van der Waals surface area contributed by atoms with Gasteiger partial charge in [0.25, 0.3) is 5.89 Å². The topological polar surface area (TPSA) is 113 Å². The summed E-state index contributed by atoms with van der Waals surface area (Å²) in [5, 5.41) is 13.3. The number of hydrogen-bond donors (Lipinski definition) is 0. The SMILES string of the molecule is COc1cc(-c2nc(-c3nc4ccc(OCC#N)cc4s3)no2)cc(OC)c1OC. The van der Waals surface area contributed by atoms with Gasteiger partial charge in [-0.05, 0) is 30.3 Å². The van der Waals surface area contributed by atoms with Crippen molar-refractivity contribution in [3.63, 3.8) is 0 Å². The Kier molecular flexibility index (Phi) is 5.36. The van der Waals surface area contributed by atoms with Crippen LogP contribution in [0, 0.1) is 11.3 Å². The van der Waals surface area contributed by atoms with Crippen LogP contribution in [0.2, 0.25) is 0 Å². The molecule has 4 aromatic rings. The lowest BCUT2D eigenvalue weighted by molar-refractivity contribution is 0.324. The lowest BCUT2D eigenvalue weighted by Gasteiger charge is -2.12. The molecule has 0 fully saturated rings. The monoisotopic (exact) mass is 424 g/mol. The Bertz CT molecular complexity index is 1220. The Morgan fingerprint density at radius 1 is 1.03 bits per heavy atom. The lowest BCUT2D eigenvalue weighted by atomic mass is 10.2. The fraction of sp³-hybridized carbons (Fsp3) is 0.200. The maximum absolute atomic E-state index is 8.65. The summed E-state index contributed by atoms with van der Waals surface area (Å²) in [4.78, 5) is 9.02. The molecule has 0 saturated heterocycles. The summed E-state index contributed by atoms with van der Waals surface area (Å²) in [5.41, 5.74) is 1.40. The molecule has 0 aliphatic carbocycles. The van der Waals surface area contributed by atoms with Crippen molar-refractivity contribution in [2.75, 3.05) is 27.9 Å². The molecule has 0 atom stereocenters. The first-order chi connectivity index (χ1) is 14.7. The third-order valence-electron chi connectivity index (χ3n) is 4.19. The van der Waals surface area contributed by atoms with Gasteiger partial charge < -0.3 is 23.5 Å². The summed E-state index contributed by atoms with van der Waals surface area (Å²) in [7, 11) is 4.61. The van der Waals surface area contributed by atoms with Gasteiger partial charge in [-0.2, -0.15) is 10.2 Å². The summed E-state index contributed by atoms with van der Waals surface area (Å²) >= 11 is 1.40.